The van der Waals surface area contributed by atoms with Crippen LogP contribution < -0.4 is 0 Å². The Morgan fingerprint density at radius 1 is 1.12 bits per heavy atom. The molecule has 1 saturated heterocycles. The van der Waals surface area contributed by atoms with Crippen molar-refractivity contribution in [3.63, 3.8) is 0 Å². The molecule has 1 amide bonds. The van der Waals surface area contributed by atoms with Crippen LogP contribution in [0.3, 0.4) is 0 Å². The second-order valence-corrected chi connectivity index (χ2v) is 7.34. The number of terminal acetylenes is 1. The largest absolute Gasteiger partial charge is 0.329 e. The highest BCUT2D eigenvalue weighted by Gasteiger charge is 2.43. The summed E-state index contributed by atoms with van der Waals surface area (Å²) in [6.45, 7) is 0.559. The summed E-state index contributed by atoms with van der Waals surface area (Å²) in [6, 6.07) is 0. The van der Waals surface area contributed by atoms with Gasteiger partial charge < -0.3 is 4.90 Å². The first-order chi connectivity index (χ1) is 8.05. The van der Waals surface area contributed by atoms with Crippen molar-refractivity contribution in [2.75, 3.05) is 13.1 Å². The lowest BCUT2D eigenvalue weighted by Gasteiger charge is -2.39. The molecular formula is C12H17NO3S. The number of likely N-dealkylation sites (tertiary alicyclic amines) is 1. The molecule has 0 atom stereocenters. The van der Waals surface area contributed by atoms with Crippen molar-refractivity contribution in [1.82, 2.24) is 4.90 Å². The zero-order chi connectivity index (χ0) is 12.5. The molecule has 2 fully saturated rings. The topological polar surface area (TPSA) is 54.5 Å². The Kier molecular flexibility index (Phi) is 3.43. The van der Waals surface area contributed by atoms with Crippen LogP contribution in [0, 0.1) is 12.3 Å². The fraction of sp³-hybridized carbons (Fsp3) is 0.750. The van der Waals surface area contributed by atoms with Crippen molar-refractivity contribution in [2.45, 2.75) is 42.6 Å². The first-order valence-corrected chi connectivity index (χ1v) is 7.65. The van der Waals surface area contributed by atoms with Crippen LogP contribution in [-0.2, 0) is 14.6 Å². The van der Waals surface area contributed by atoms with Crippen LogP contribution in [0.5, 0.6) is 0 Å². The average Bonchev–Trinajstić information content (AvgIpc) is 2.27. The zero-order valence-corrected chi connectivity index (χ0v) is 10.6. The fourth-order valence-corrected chi connectivity index (χ4v) is 4.88. The Hall–Kier alpha value is -1.02. The highest BCUT2D eigenvalue weighted by Crippen LogP contribution is 2.29. The van der Waals surface area contributed by atoms with Crippen LogP contribution >= 0.6 is 0 Å². The molecule has 0 radical (unpaired) electrons. The summed E-state index contributed by atoms with van der Waals surface area (Å²) in [6.07, 6.45) is 9.69. The van der Waals surface area contributed by atoms with Crippen LogP contribution in [0.25, 0.3) is 0 Å². The monoisotopic (exact) mass is 255 g/mol. The summed E-state index contributed by atoms with van der Waals surface area (Å²) >= 11 is 0. The van der Waals surface area contributed by atoms with Gasteiger partial charge in [0.15, 0.2) is 9.84 Å². The van der Waals surface area contributed by atoms with Gasteiger partial charge in [-0.2, -0.15) is 0 Å². The van der Waals surface area contributed by atoms with Crippen LogP contribution in [-0.4, -0.2) is 42.8 Å². The minimum absolute atomic E-state index is 0.190. The van der Waals surface area contributed by atoms with E-state index in [0.29, 0.717) is 0 Å². The molecule has 0 aromatic carbocycles. The van der Waals surface area contributed by atoms with E-state index < -0.39 is 15.7 Å². The normalized spacial score (nSPS) is 22.9. The van der Waals surface area contributed by atoms with Gasteiger partial charge in [0.05, 0.1) is 10.5 Å². The maximum Gasteiger partial charge on any atom is 0.298 e. The van der Waals surface area contributed by atoms with Crippen LogP contribution in [0.1, 0.15) is 32.1 Å². The minimum Gasteiger partial charge on any atom is -0.329 e. The van der Waals surface area contributed by atoms with Crippen molar-refractivity contribution in [2.24, 2.45) is 0 Å². The summed E-state index contributed by atoms with van der Waals surface area (Å²) in [4.78, 5) is 12.6. The van der Waals surface area contributed by atoms with E-state index in [9.17, 15) is 13.2 Å². The number of rotatable bonds is 2. The summed E-state index contributed by atoms with van der Waals surface area (Å²) in [7, 11) is -3.06. The van der Waals surface area contributed by atoms with E-state index in [2.05, 4.69) is 0 Å². The summed E-state index contributed by atoms with van der Waals surface area (Å²) in [5.41, 5.74) is 0. The Labute approximate surface area is 102 Å². The SMILES string of the molecule is C#CC(=O)N1CC(S(=O)(=O)C2CCCCC2)C1. The van der Waals surface area contributed by atoms with Gasteiger partial charge in [0, 0.05) is 13.1 Å². The van der Waals surface area contributed by atoms with Gasteiger partial charge in [-0.3, -0.25) is 4.79 Å². The Bertz CT molecular complexity index is 437. The summed E-state index contributed by atoms with van der Waals surface area (Å²) in [5.74, 6) is 1.61. The molecule has 2 aliphatic rings. The lowest BCUT2D eigenvalue weighted by Crippen LogP contribution is -2.58. The molecule has 17 heavy (non-hydrogen) atoms. The molecule has 2 rings (SSSR count). The molecule has 1 aliphatic carbocycles. The number of hydrogen-bond donors (Lipinski definition) is 0. The maximum absolute atomic E-state index is 12.2. The predicted octanol–water partition coefficient (Wildman–Crippen LogP) is 0.578. The number of nitrogens with zero attached hydrogens (tertiary/aromatic N) is 1. The molecule has 4 nitrogen and oxygen atoms in total. The van der Waals surface area contributed by atoms with Crippen LogP contribution in [0.4, 0.5) is 0 Å². The lowest BCUT2D eigenvalue weighted by atomic mass is 10.0. The maximum atomic E-state index is 12.2. The zero-order valence-electron chi connectivity index (χ0n) is 9.76. The second kappa shape index (κ2) is 4.69. The van der Waals surface area contributed by atoms with Gasteiger partial charge in [-0.05, 0) is 18.8 Å². The van der Waals surface area contributed by atoms with E-state index in [-0.39, 0.29) is 23.6 Å². The van der Waals surface area contributed by atoms with Gasteiger partial charge in [0.2, 0.25) is 0 Å². The van der Waals surface area contributed by atoms with Crippen molar-refractivity contribution in [3.05, 3.63) is 0 Å². The Morgan fingerprint density at radius 3 is 2.24 bits per heavy atom. The molecule has 1 heterocycles. The lowest BCUT2D eigenvalue weighted by molar-refractivity contribution is -0.128. The number of amides is 1. The number of hydrogen-bond acceptors (Lipinski definition) is 3. The quantitative estimate of drug-likeness (QED) is 0.678. The van der Waals surface area contributed by atoms with E-state index >= 15 is 0 Å². The van der Waals surface area contributed by atoms with Crippen LogP contribution in [0.2, 0.25) is 0 Å². The first-order valence-electron chi connectivity index (χ1n) is 6.04. The Morgan fingerprint density at radius 2 is 1.71 bits per heavy atom. The predicted molar refractivity (Wildman–Crippen MR) is 65.0 cm³/mol. The van der Waals surface area contributed by atoms with Gasteiger partial charge in [-0.15, -0.1) is 6.42 Å². The minimum atomic E-state index is -3.06. The third kappa shape index (κ3) is 2.32. The van der Waals surface area contributed by atoms with Gasteiger partial charge in [0.25, 0.3) is 5.91 Å². The number of carbonyl (C=O) groups excluding carboxylic acids is 1. The smallest absolute Gasteiger partial charge is 0.298 e. The average molecular weight is 255 g/mol. The molecule has 0 spiro atoms. The van der Waals surface area contributed by atoms with Crippen molar-refractivity contribution in [1.29, 1.82) is 0 Å². The van der Waals surface area contributed by atoms with Gasteiger partial charge >= 0.3 is 0 Å². The molecule has 94 valence electrons. The van der Waals surface area contributed by atoms with Crippen molar-refractivity contribution < 1.29 is 13.2 Å². The molecule has 0 bridgehead atoms. The third-order valence-electron chi connectivity index (χ3n) is 3.74. The molecule has 0 N–H and O–H groups in total. The number of carbonyl (C=O) groups is 1. The van der Waals surface area contributed by atoms with E-state index in [0.717, 1.165) is 32.1 Å². The number of sulfone groups is 1. The van der Waals surface area contributed by atoms with Crippen molar-refractivity contribution >= 4 is 15.7 Å². The fourth-order valence-electron chi connectivity index (χ4n) is 2.57. The van der Waals surface area contributed by atoms with Gasteiger partial charge in [-0.1, -0.05) is 19.3 Å². The molecule has 0 unspecified atom stereocenters. The molecule has 1 aliphatic heterocycles. The summed E-state index contributed by atoms with van der Waals surface area (Å²) < 4.78 is 24.5. The van der Waals surface area contributed by atoms with E-state index in [1.807, 2.05) is 5.92 Å². The molecular weight excluding hydrogens is 238 g/mol. The Balaban J connectivity index is 1.95. The highest BCUT2D eigenvalue weighted by atomic mass is 32.2. The van der Waals surface area contributed by atoms with Gasteiger partial charge in [0.1, 0.15) is 0 Å². The van der Waals surface area contributed by atoms with E-state index in [4.69, 9.17) is 6.42 Å². The van der Waals surface area contributed by atoms with Crippen LogP contribution in [0.15, 0.2) is 0 Å². The first kappa shape index (κ1) is 12.4. The molecule has 1 saturated carbocycles. The summed E-state index contributed by atoms with van der Waals surface area (Å²) in [5, 5.41) is -0.577. The van der Waals surface area contributed by atoms with E-state index in [1.165, 1.54) is 4.90 Å². The molecule has 5 heteroatoms. The van der Waals surface area contributed by atoms with E-state index in [1.54, 1.807) is 0 Å². The second-order valence-electron chi connectivity index (χ2n) is 4.83. The molecule has 0 aromatic rings. The standard InChI is InChI=1S/C12H17NO3S/c1-2-12(14)13-8-11(9-13)17(15,16)10-6-4-3-5-7-10/h1,10-11H,3-9H2. The highest BCUT2D eigenvalue weighted by molar-refractivity contribution is 7.92. The van der Waals surface area contributed by atoms with Crippen molar-refractivity contribution in [3.8, 4) is 12.3 Å². The molecule has 0 aromatic heterocycles. The third-order valence-corrected chi connectivity index (χ3v) is 6.37. The van der Waals surface area contributed by atoms with Gasteiger partial charge in [-0.25, -0.2) is 8.42 Å².